The van der Waals surface area contributed by atoms with Crippen molar-refractivity contribution < 1.29 is 14.6 Å². The molecule has 4 rings (SSSR count). The SMILES string of the molecule is O=C(c1ccc(Cl)cc1)c1ccc(OCC(O)CN2CCN(c3ccccc3)CC2)cc1. The number of ether oxygens (including phenoxy) is 1. The van der Waals surface area contributed by atoms with Gasteiger partial charge < -0.3 is 14.7 Å². The molecular formula is C26H27ClN2O3. The lowest BCUT2D eigenvalue weighted by atomic mass is 10.0. The van der Waals surface area contributed by atoms with E-state index in [2.05, 4.69) is 34.1 Å². The van der Waals surface area contributed by atoms with Crippen LogP contribution in [0.3, 0.4) is 0 Å². The number of halogens is 1. The van der Waals surface area contributed by atoms with E-state index in [0.717, 1.165) is 26.2 Å². The molecule has 1 N–H and O–H groups in total. The van der Waals surface area contributed by atoms with Gasteiger partial charge >= 0.3 is 0 Å². The van der Waals surface area contributed by atoms with Crippen molar-refractivity contribution in [2.45, 2.75) is 6.10 Å². The number of benzene rings is 3. The Balaban J connectivity index is 1.22. The Morgan fingerprint density at radius 3 is 2.09 bits per heavy atom. The lowest BCUT2D eigenvalue weighted by Gasteiger charge is -2.36. The van der Waals surface area contributed by atoms with Gasteiger partial charge in [-0.25, -0.2) is 0 Å². The van der Waals surface area contributed by atoms with E-state index in [-0.39, 0.29) is 12.4 Å². The molecule has 1 aliphatic heterocycles. The molecule has 1 aliphatic rings. The van der Waals surface area contributed by atoms with Crippen molar-refractivity contribution in [2.24, 2.45) is 0 Å². The fourth-order valence-corrected chi connectivity index (χ4v) is 3.97. The summed E-state index contributed by atoms with van der Waals surface area (Å²) in [5.74, 6) is 0.563. The van der Waals surface area contributed by atoms with E-state index < -0.39 is 6.10 Å². The molecular weight excluding hydrogens is 424 g/mol. The molecule has 3 aromatic rings. The summed E-state index contributed by atoms with van der Waals surface area (Å²) in [4.78, 5) is 17.2. The summed E-state index contributed by atoms with van der Waals surface area (Å²) in [6.45, 7) is 4.50. The largest absolute Gasteiger partial charge is 0.491 e. The molecule has 166 valence electrons. The number of piperazine rings is 1. The first-order valence-corrected chi connectivity index (χ1v) is 11.2. The van der Waals surface area contributed by atoms with Crippen LogP contribution in [0.2, 0.25) is 5.02 Å². The predicted octanol–water partition coefficient (Wildman–Crippen LogP) is 4.13. The first-order chi connectivity index (χ1) is 15.6. The van der Waals surface area contributed by atoms with Crippen molar-refractivity contribution in [1.82, 2.24) is 4.90 Å². The molecule has 6 heteroatoms. The topological polar surface area (TPSA) is 53.0 Å². The Labute approximate surface area is 193 Å². The third kappa shape index (κ3) is 5.88. The third-order valence-electron chi connectivity index (χ3n) is 5.63. The van der Waals surface area contributed by atoms with E-state index in [1.165, 1.54) is 5.69 Å². The van der Waals surface area contributed by atoms with E-state index in [1.807, 2.05) is 6.07 Å². The summed E-state index contributed by atoms with van der Waals surface area (Å²) in [5, 5.41) is 11.0. The number of aliphatic hydroxyl groups is 1. The van der Waals surface area contributed by atoms with Crippen LogP contribution in [0.15, 0.2) is 78.9 Å². The third-order valence-corrected chi connectivity index (χ3v) is 5.88. The van der Waals surface area contributed by atoms with Crippen molar-refractivity contribution in [2.75, 3.05) is 44.2 Å². The van der Waals surface area contributed by atoms with Crippen molar-refractivity contribution in [1.29, 1.82) is 0 Å². The summed E-state index contributed by atoms with van der Waals surface area (Å²) in [5.41, 5.74) is 2.41. The van der Waals surface area contributed by atoms with Gasteiger partial charge in [-0.3, -0.25) is 9.69 Å². The highest BCUT2D eigenvalue weighted by Crippen LogP contribution is 2.18. The lowest BCUT2D eigenvalue weighted by molar-refractivity contribution is 0.0663. The summed E-state index contributed by atoms with van der Waals surface area (Å²) in [6, 6.07) is 24.2. The zero-order chi connectivity index (χ0) is 22.3. The van der Waals surface area contributed by atoms with Gasteiger partial charge in [-0.2, -0.15) is 0 Å². The summed E-state index contributed by atoms with van der Waals surface area (Å²) in [7, 11) is 0. The predicted molar refractivity (Wildman–Crippen MR) is 128 cm³/mol. The summed E-state index contributed by atoms with van der Waals surface area (Å²) in [6.07, 6.45) is -0.575. The van der Waals surface area contributed by atoms with Crippen molar-refractivity contribution in [3.63, 3.8) is 0 Å². The molecule has 1 fully saturated rings. The first-order valence-electron chi connectivity index (χ1n) is 10.8. The fraction of sp³-hybridized carbons (Fsp3) is 0.269. The molecule has 0 amide bonds. The quantitative estimate of drug-likeness (QED) is 0.523. The van der Waals surface area contributed by atoms with Gasteiger partial charge in [0.05, 0.1) is 0 Å². The molecule has 0 aliphatic carbocycles. The lowest BCUT2D eigenvalue weighted by Crippen LogP contribution is -2.49. The van der Waals surface area contributed by atoms with Gasteiger partial charge in [0.1, 0.15) is 18.5 Å². The average Bonchev–Trinajstić information content (AvgIpc) is 2.84. The van der Waals surface area contributed by atoms with Gasteiger partial charge in [0.25, 0.3) is 0 Å². The molecule has 0 saturated carbocycles. The Kier molecular flexibility index (Phi) is 7.43. The van der Waals surface area contributed by atoms with Gasteiger partial charge in [0.15, 0.2) is 5.78 Å². The highest BCUT2D eigenvalue weighted by atomic mass is 35.5. The zero-order valence-electron chi connectivity index (χ0n) is 17.9. The van der Waals surface area contributed by atoms with Crippen LogP contribution in [0.5, 0.6) is 5.75 Å². The normalized spacial score (nSPS) is 15.4. The van der Waals surface area contributed by atoms with Crippen molar-refractivity contribution >= 4 is 23.1 Å². The number of nitrogens with zero attached hydrogens (tertiary/aromatic N) is 2. The summed E-state index contributed by atoms with van der Waals surface area (Å²) < 4.78 is 5.74. The van der Waals surface area contributed by atoms with Crippen LogP contribution in [0.25, 0.3) is 0 Å². The number of aliphatic hydroxyl groups excluding tert-OH is 1. The summed E-state index contributed by atoms with van der Waals surface area (Å²) >= 11 is 5.88. The smallest absolute Gasteiger partial charge is 0.193 e. The van der Waals surface area contributed by atoms with E-state index >= 15 is 0 Å². The van der Waals surface area contributed by atoms with Crippen LogP contribution < -0.4 is 9.64 Å². The maximum atomic E-state index is 12.5. The molecule has 0 radical (unpaired) electrons. The van der Waals surface area contributed by atoms with Gasteiger partial charge in [-0.15, -0.1) is 0 Å². The Bertz CT molecular complexity index is 1000. The maximum absolute atomic E-state index is 12.5. The van der Waals surface area contributed by atoms with Gasteiger partial charge in [0.2, 0.25) is 0 Å². The van der Waals surface area contributed by atoms with Gasteiger partial charge in [0, 0.05) is 54.6 Å². The number of carbonyl (C=O) groups excluding carboxylic acids is 1. The molecule has 0 bridgehead atoms. The number of carbonyl (C=O) groups is 1. The molecule has 1 saturated heterocycles. The second-order valence-electron chi connectivity index (χ2n) is 7.95. The molecule has 1 heterocycles. The van der Waals surface area contributed by atoms with Crippen LogP contribution in [-0.2, 0) is 0 Å². The number of rotatable bonds is 8. The van der Waals surface area contributed by atoms with E-state index in [4.69, 9.17) is 16.3 Å². The number of β-amino-alcohol motifs (C(OH)–C–C–N with tert-alkyl or cyclic N) is 1. The Morgan fingerprint density at radius 1 is 0.875 bits per heavy atom. The van der Waals surface area contributed by atoms with E-state index in [0.29, 0.717) is 28.4 Å². The van der Waals surface area contributed by atoms with Crippen LogP contribution in [0, 0.1) is 0 Å². The average molecular weight is 451 g/mol. The van der Waals surface area contributed by atoms with E-state index in [1.54, 1.807) is 48.5 Å². The first kappa shape index (κ1) is 22.3. The molecule has 3 aromatic carbocycles. The van der Waals surface area contributed by atoms with Crippen molar-refractivity contribution in [3.8, 4) is 5.75 Å². The number of hydrogen-bond donors (Lipinski definition) is 1. The van der Waals surface area contributed by atoms with Gasteiger partial charge in [-0.1, -0.05) is 29.8 Å². The number of ketones is 1. The number of para-hydroxylation sites is 1. The Hall–Kier alpha value is -2.86. The highest BCUT2D eigenvalue weighted by molar-refractivity contribution is 6.30. The minimum atomic E-state index is -0.575. The molecule has 5 nitrogen and oxygen atoms in total. The molecule has 32 heavy (non-hydrogen) atoms. The van der Waals surface area contributed by atoms with Gasteiger partial charge in [-0.05, 0) is 60.7 Å². The number of anilines is 1. The van der Waals surface area contributed by atoms with Crippen LogP contribution >= 0.6 is 11.6 Å². The maximum Gasteiger partial charge on any atom is 0.193 e. The molecule has 1 unspecified atom stereocenters. The van der Waals surface area contributed by atoms with E-state index in [9.17, 15) is 9.90 Å². The van der Waals surface area contributed by atoms with Crippen LogP contribution in [-0.4, -0.2) is 61.2 Å². The van der Waals surface area contributed by atoms with Crippen LogP contribution in [0.1, 0.15) is 15.9 Å². The highest BCUT2D eigenvalue weighted by Gasteiger charge is 2.19. The standard InChI is InChI=1S/C26H27ClN2O3/c27-22-10-6-20(7-11-22)26(31)21-8-12-25(13-9-21)32-19-24(30)18-28-14-16-29(17-15-28)23-4-2-1-3-5-23/h1-13,24,30H,14-19H2. The van der Waals surface area contributed by atoms with Crippen molar-refractivity contribution in [3.05, 3.63) is 95.0 Å². The molecule has 0 spiro atoms. The number of hydrogen-bond acceptors (Lipinski definition) is 5. The Morgan fingerprint density at radius 2 is 1.47 bits per heavy atom. The molecule has 1 atom stereocenters. The fourth-order valence-electron chi connectivity index (χ4n) is 3.84. The second kappa shape index (κ2) is 10.6. The second-order valence-corrected chi connectivity index (χ2v) is 8.38. The zero-order valence-corrected chi connectivity index (χ0v) is 18.6. The monoisotopic (exact) mass is 450 g/mol. The minimum Gasteiger partial charge on any atom is -0.491 e. The van der Waals surface area contributed by atoms with Crippen LogP contribution in [0.4, 0.5) is 5.69 Å². The minimum absolute atomic E-state index is 0.0668. The molecule has 0 aromatic heterocycles.